The van der Waals surface area contributed by atoms with Crippen LogP contribution in [0.5, 0.6) is 0 Å². The number of rotatable bonds is 6. The van der Waals surface area contributed by atoms with E-state index in [0.717, 1.165) is 17.6 Å². The van der Waals surface area contributed by atoms with Gasteiger partial charge in [0.2, 0.25) is 5.91 Å². The molecule has 0 heterocycles. The predicted octanol–water partition coefficient (Wildman–Crippen LogP) is 1.34. The van der Waals surface area contributed by atoms with Gasteiger partial charge in [-0.1, -0.05) is 13.3 Å². The number of hydrogen-bond acceptors (Lipinski definition) is 5. The third kappa shape index (κ3) is 4.85. The second kappa shape index (κ2) is 6.93. The molecule has 0 fully saturated rings. The molecule has 0 aliphatic rings. The van der Waals surface area contributed by atoms with Crippen LogP contribution in [0.25, 0.3) is 0 Å². The monoisotopic (exact) mass is 302 g/mol. The van der Waals surface area contributed by atoms with Crippen LogP contribution in [-0.2, 0) is 14.6 Å². The van der Waals surface area contributed by atoms with Crippen LogP contribution >= 0.6 is 11.8 Å². The fourth-order valence-electron chi connectivity index (χ4n) is 1.53. The summed E-state index contributed by atoms with van der Waals surface area (Å²) in [7, 11) is -3.19. The largest absolute Gasteiger partial charge is 0.293 e. The smallest absolute Gasteiger partial charge is 0.247 e. The van der Waals surface area contributed by atoms with Crippen molar-refractivity contribution in [3.05, 3.63) is 24.3 Å². The van der Waals surface area contributed by atoms with Crippen LogP contribution in [-0.4, -0.2) is 25.8 Å². The van der Waals surface area contributed by atoms with Crippen molar-refractivity contribution < 1.29 is 13.2 Å². The average Bonchev–Trinajstić information content (AvgIpc) is 2.37. The second-order valence-corrected chi connectivity index (χ2v) is 7.44. The predicted molar refractivity (Wildman–Crippen MR) is 76.4 cm³/mol. The Kier molecular flexibility index (Phi) is 5.84. The van der Waals surface area contributed by atoms with Gasteiger partial charge in [-0.15, -0.1) is 11.8 Å². The van der Waals surface area contributed by atoms with E-state index in [-0.39, 0.29) is 16.1 Å². The number of thioether (sulfide) groups is 1. The average molecular weight is 302 g/mol. The molecule has 0 aliphatic carbocycles. The number of nitrogens with two attached hydrogens (primary N) is 1. The molecule has 1 rings (SSSR count). The van der Waals surface area contributed by atoms with Crippen LogP contribution in [0.15, 0.2) is 34.1 Å². The van der Waals surface area contributed by atoms with Crippen LogP contribution < -0.4 is 11.3 Å². The van der Waals surface area contributed by atoms with E-state index in [1.54, 1.807) is 24.3 Å². The summed E-state index contributed by atoms with van der Waals surface area (Å²) in [5.41, 5.74) is 2.15. The van der Waals surface area contributed by atoms with Crippen LogP contribution in [0.1, 0.15) is 19.8 Å². The fraction of sp³-hybridized carbons (Fsp3) is 0.417. The molecule has 1 atom stereocenters. The summed E-state index contributed by atoms with van der Waals surface area (Å²) in [5.74, 6) is 4.92. The lowest BCUT2D eigenvalue weighted by atomic mass is 10.2. The van der Waals surface area contributed by atoms with Crippen molar-refractivity contribution in [2.45, 2.75) is 34.8 Å². The Morgan fingerprint density at radius 1 is 1.37 bits per heavy atom. The van der Waals surface area contributed by atoms with Gasteiger partial charge in [-0.2, -0.15) is 0 Å². The third-order valence-corrected chi connectivity index (χ3v) is 4.92. The van der Waals surface area contributed by atoms with Crippen molar-refractivity contribution in [3.63, 3.8) is 0 Å². The molecule has 1 aromatic rings. The highest BCUT2D eigenvalue weighted by Crippen LogP contribution is 2.27. The van der Waals surface area contributed by atoms with E-state index in [2.05, 4.69) is 5.43 Å². The highest BCUT2D eigenvalue weighted by atomic mass is 32.2. The molecule has 0 bridgehead atoms. The minimum Gasteiger partial charge on any atom is -0.293 e. The van der Waals surface area contributed by atoms with Crippen LogP contribution in [0.3, 0.4) is 0 Å². The van der Waals surface area contributed by atoms with E-state index in [1.165, 1.54) is 11.8 Å². The van der Waals surface area contributed by atoms with Gasteiger partial charge in [0.25, 0.3) is 0 Å². The Morgan fingerprint density at radius 2 is 1.95 bits per heavy atom. The number of hydrazine groups is 1. The Balaban J connectivity index is 2.83. The Morgan fingerprint density at radius 3 is 2.37 bits per heavy atom. The molecule has 19 heavy (non-hydrogen) atoms. The van der Waals surface area contributed by atoms with Crippen molar-refractivity contribution in [1.29, 1.82) is 0 Å². The normalized spacial score (nSPS) is 13.0. The molecule has 0 saturated heterocycles. The lowest BCUT2D eigenvalue weighted by Crippen LogP contribution is -2.37. The van der Waals surface area contributed by atoms with Gasteiger partial charge in [0.15, 0.2) is 9.84 Å². The molecule has 0 spiro atoms. The topological polar surface area (TPSA) is 89.3 Å². The van der Waals surface area contributed by atoms with Gasteiger partial charge in [0.05, 0.1) is 10.1 Å². The first kappa shape index (κ1) is 16.0. The maximum Gasteiger partial charge on any atom is 0.247 e. The minimum atomic E-state index is -3.19. The summed E-state index contributed by atoms with van der Waals surface area (Å²) in [6.07, 6.45) is 2.74. The summed E-state index contributed by atoms with van der Waals surface area (Å²) in [5, 5.41) is -0.265. The Hall–Kier alpha value is -1.05. The highest BCUT2D eigenvalue weighted by molar-refractivity contribution is 8.00. The van der Waals surface area contributed by atoms with E-state index in [0.29, 0.717) is 6.42 Å². The van der Waals surface area contributed by atoms with Gasteiger partial charge < -0.3 is 0 Å². The Bertz CT molecular complexity index is 526. The SMILES string of the molecule is CCCC(Sc1ccc(S(C)(=O)=O)cc1)C(=O)NN. The molecule has 0 aliphatic heterocycles. The minimum absolute atomic E-state index is 0.223. The van der Waals surface area contributed by atoms with Gasteiger partial charge in [-0.05, 0) is 30.7 Å². The van der Waals surface area contributed by atoms with Gasteiger partial charge >= 0.3 is 0 Å². The molecule has 0 aromatic heterocycles. The zero-order valence-corrected chi connectivity index (χ0v) is 12.6. The zero-order valence-electron chi connectivity index (χ0n) is 10.9. The maximum atomic E-state index is 11.6. The molecule has 0 saturated carbocycles. The van der Waals surface area contributed by atoms with Crippen molar-refractivity contribution in [2.75, 3.05) is 6.26 Å². The maximum absolute atomic E-state index is 11.6. The third-order valence-electron chi connectivity index (χ3n) is 2.52. The fourth-order valence-corrected chi connectivity index (χ4v) is 3.31. The summed E-state index contributed by atoms with van der Waals surface area (Å²) in [4.78, 5) is 12.7. The van der Waals surface area contributed by atoms with Crippen molar-refractivity contribution >= 4 is 27.5 Å². The van der Waals surface area contributed by atoms with Crippen molar-refractivity contribution in [1.82, 2.24) is 5.43 Å². The first-order valence-electron chi connectivity index (χ1n) is 5.85. The quantitative estimate of drug-likeness (QED) is 0.358. The number of carbonyl (C=O) groups excluding carboxylic acids is 1. The van der Waals surface area contributed by atoms with E-state index >= 15 is 0 Å². The van der Waals surface area contributed by atoms with Crippen LogP contribution in [0.2, 0.25) is 0 Å². The summed E-state index contributed by atoms with van der Waals surface area (Å²) < 4.78 is 22.7. The molecule has 7 heteroatoms. The molecule has 3 N–H and O–H groups in total. The van der Waals surface area contributed by atoms with E-state index in [4.69, 9.17) is 5.84 Å². The van der Waals surface area contributed by atoms with Crippen LogP contribution in [0.4, 0.5) is 0 Å². The van der Waals surface area contributed by atoms with E-state index in [1.807, 2.05) is 6.92 Å². The van der Waals surface area contributed by atoms with E-state index in [9.17, 15) is 13.2 Å². The standard InChI is InChI=1S/C12H18N2O3S2/c1-3-4-11(12(15)14-13)18-9-5-7-10(8-6-9)19(2,16)17/h5-8,11H,3-4,13H2,1-2H3,(H,14,15). The van der Waals surface area contributed by atoms with Gasteiger partial charge in [0.1, 0.15) is 0 Å². The molecule has 0 radical (unpaired) electrons. The summed E-state index contributed by atoms with van der Waals surface area (Å²) in [6.45, 7) is 1.99. The molecule has 1 unspecified atom stereocenters. The molecular formula is C12H18N2O3S2. The number of sulfone groups is 1. The van der Waals surface area contributed by atoms with Gasteiger partial charge in [0, 0.05) is 11.2 Å². The zero-order chi connectivity index (χ0) is 14.5. The number of nitrogens with one attached hydrogen (secondary N) is 1. The summed E-state index contributed by atoms with van der Waals surface area (Å²) in [6, 6.07) is 6.49. The van der Waals surface area contributed by atoms with Crippen LogP contribution in [0, 0.1) is 0 Å². The number of amides is 1. The van der Waals surface area contributed by atoms with E-state index < -0.39 is 9.84 Å². The number of benzene rings is 1. The lowest BCUT2D eigenvalue weighted by Gasteiger charge is -2.13. The molecule has 1 aromatic carbocycles. The molecular weight excluding hydrogens is 284 g/mol. The molecule has 106 valence electrons. The second-order valence-electron chi connectivity index (χ2n) is 4.15. The van der Waals surface area contributed by atoms with Gasteiger partial charge in [-0.3, -0.25) is 10.2 Å². The number of carbonyl (C=O) groups is 1. The first-order chi connectivity index (χ1) is 8.88. The summed E-state index contributed by atoms with van der Waals surface area (Å²) >= 11 is 1.38. The van der Waals surface area contributed by atoms with Crippen molar-refractivity contribution in [2.24, 2.45) is 5.84 Å². The Labute approximate surface area is 117 Å². The molecule has 1 amide bonds. The lowest BCUT2D eigenvalue weighted by molar-refractivity contribution is -0.120. The van der Waals surface area contributed by atoms with Gasteiger partial charge in [-0.25, -0.2) is 14.3 Å². The highest BCUT2D eigenvalue weighted by Gasteiger charge is 2.18. The van der Waals surface area contributed by atoms with Crippen molar-refractivity contribution in [3.8, 4) is 0 Å². The molecule has 5 nitrogen and oxygen atoms in total. The number of hydrogen-bond donors (Lipinski definition) is 2. The first-order valence-corrected chi connectivity index (χ1v) is 8.62.